The molecule has 0 aliphatic carbocycles. The molecule has 0 bridgehead atoms. The number of nitrogens with one attached hydrogen (secondary N) is 1. The van der Waals surface area contributed by atoms with Crippen LogP contribution in [0.5, 0.6) is 5.75 Å². The first-order valence-corrected chi connectivity index (χ1v) is 8.24. The average Bonchev–Trinajstić information content (AvgIpc) is 2.98. The Labute approximate surface area is 147 Å². The number of aromatic nitrogens is 1. The highest BCUT2D eigenvalue weighted by Gasteiger charge is 2.08. The molecule has 0 saturated heterocycles. The van der Waals surface area contributed by atoms with Gasteiger partial charge >= 0.3 is 0 Å². The number of hydrogen-bond acceptors (Lipinski definition) is 5. The van der Waals surface area contributed by atoms with Gasteiger partial charge in [-0.3, -0.25) is 5.43 Å². The quantitative estimate of drug-likeness (QED) is 0.490. The predicted octanol–water partition coefficient (Wildman–Crippen LogP) is 5.27. The van der Waals surface area contributed by atoms with Gasteiger partial charge in [-0.1, -0.05) is 23.2 Å². The van der Waals surface area contributed by atoms with E-state index in [1.165, 1.54) is 11.3 Å². The van der Waals surface area contributed by atoms with Crippen molar-refractivity contribution >= 4 is 45.9 Å². The molecule has 2 aromatic carbocycles. The van der Waals surface area contributed by atoms with Crippen LogP contribution in [-0.2, 0) is 0 Å². The molecule has 0 radical (unpaired) electrons. The number of benzene rings is 2. The van der Waals surface area contributed by atoms with Crippen LogP contribution in [0.4, 0.5) is 5.13 Å². The number of hydrazone groups is 1. The molecule has 1 heterocycles. The van der Waals surface area contributed by atoms with Crippen molar-refractivity contribution in [2.75, 3.05) is 5.43 Å². The Hall–Kier alpha value is -2.08. The van der Waals surface area contributed by atoms with E-state index in [2.05, 4.69) is 15.5 Å². The van der Waals surface area contributed by atoms with Gasteiger partial charge in [0.2, 0.25) is 5.13 Å². The zero-order valence-electron chi connectivity index (χ0n) is 11.7. The van der Waals surface area contributed by atoms with Crippen molar-refractivity contribution in [2.24, 2.45) is 5.10 Å². The number of anilines is 1. The highest BCUT2D eigenvalue weighted by atomic mass is 35.5. The summed E-state index contributed by atoms with van der Waals surface area (Å²) in [5.41, 5.74) is 5.33. The maximum absolute atomic E-state index is 9.22. The van der Waals surface area contributed by atoms with E-state index < -0.39 is 0 Å². The first kappa shape index (κ1) is 15.8. The molecule has 7 heteroatoms. The maximum atomic E-state index is 9.22. The molecule has 2 N–H and O–H groups in total. The summed E-state index contributed by atoms with van der Waals surface area (Å²) in [6, 6.07) is 12.0. The second-order valence-corrected chi connectivity index (χ2v) is 6.33. The molecule has 3 rings (SSSR count). The fraction of sp³-hybridized carbons (Fsp3) is 0. The zero-order valence-corrected chi connectivity index (χ0v) is 14.0. The number of thiazole rings is 1. The predicted molar refractivity (Wildman–Crippen MR) is 96.9 cm³/mol. The van der Waals surface area contributed by atoms with Gasteiger partial charge in [0.1, 0.15) is 5.75 Å². The fourth-order valence-corrected chi connectivity index (χ4v) is 3.03. The van der Waals surface area contributed by atoms with Crippen LogP contribution in [-0.4, -0.2) is 16.3 Å². The van der Waals surface area contributed by atoms with Crippen LogP contribution < -0.4 is 5.43 Å². The maximum Gasteiger partial charge on any atom is 0.203 e. The van der Waals surface area contributed by atoms with Crippen LogP contribution in [0.25, 0.3) is 11.3 Å². The Morgan fingerprint density at radius 1 is 1.13 bits per heavy atom. The molecule has 0 saturated carbocycles. The second kappa shape index (κ2) is 7.00. The largest absolute Gasteiger partial charge is 0.508 e. The molecular weight excluding hydrogens is 353 g/mol. The minimum absolute atomic E-state index is 0.222. The van der Waals surface area contributed by atoms with Gasteiger partial charge in [-0.05, 0) is 48.0 Å². The van der Waals surface area contributed by atoms with Crippen molar-refractivity contribution in [3.05, 3.63) is 63.5 Å². The van der Waals surface area contributed by atoms with E-state index in [4.69, 9.17) is 23.2 Å². The van der Waals surface area contributed by atoms with Gasteiger partial charge in [-0.2, -0.15) is 5.10 Å². The standard InChI is InChI=1S/C16H11Cl2N3OS/c17-11-3-6-13(14(18)7-11)15-9-23-16(20-15)21-19-8-10-1-4-12(22)5-2-10/h1-9,22H,(H,20,21)/b19-8+. The van der Waals surface area contributed by atoms with E-state index in [0.29, 0.717) is 15.2 Å². The number of phenols is 1. The van der Waals surface area contributed by atoms with E-state index >= 15 is 0 Å². The zero-order chi connectivity index (χ0) is 16.2. The van der Waals surface area contributed by atoms with Crippen LogP contribution in [0, 0.1) is 0 Å². The highest BCUT2D eigenvalue weighted by molar-refractivity contribution is 7.14. The Kier molecular flexibility index (Phi) is 4.81. The Balaban J connectivity index is 1.71. The van der Waals surface area contributed by atoms with Gasteiger partial charge in [0.15, 0.2) is 0 Å². The van der Waals surface area contributed by atoms with Gasteiger partial charge in [0.05, 0.1) is 16.9 Å². The molecule has 0 atom stereocenters. The van der Waals surface area contributed by atoms with Gasteiger partial charge in [-0.15, -0.1) is 11.3 Å². The number of rotatable bonds is 4. The molecule has 3 aromatic rings. The lowest BCUT2D eigenvalue weighted by Crippen LogP contribution is -1.90. The van der Waals surface area contributed by atoms with Crippen molar-refractivity contribution in [3.63, 3.8) is 0 Å². The number of phenolic OH excluding ortho intramolecular Hbond substituents is 1. The van der Waals surface area contributed by atoms with Crippen LogP contribution in [0.15, 0.2) is 52.9 Å². The van der Waals surface area contributed by atoms with E-state index in [0.717, 1.165) is 16.8 Å². The smallest absolute Gasteiger partial charge is 0.203 e. The number of halogens is 2. The Morgan fingerprint density at radius 3 is 2.65 bits per heavy atom. The van der Waals surface area contributed by atoms with Crippen molar-refractivity contribution < 1.29 is 5.11 Å². The Bertz CT molecular complexity index is 847. The van der Waals surface area contributed by atoms with Crippen molar-refractivity contribution in [2.45, 2.75) is 0 Å². The van der Waals surface area contributed by atoms with Crippen LogP contribution >= 0.6 is 34.5 Å². The summed E-state index contributed by atoms with van der Waals surface area (Å²) in [5.74, 6) is 0.222. The summed E-state index contributed by atoms with van der Waals surface area (Å²) in [5, 5.41) is 17.0. The van der Waals surface area contributed by atoms with Crippen molar-refractivity contribution in [3.8, 4) is 17.0 Å². The van der Waals surface area contributed by atoms with Gasteiger partial charge in [0.25, 0.3) is 0 Å². The molecule has 0 unspecified atom stereocenters. The lowest BCUT2D eigenvalue weighted by molar-refractivity contribution is 0.475. The summed E-state index contributed by atoms with van der Waals surface area (Å²) < 4.78 is 0. The van der Waals surface area contributed by atoms with Crippen molar-refractivity contribution in [1.29, 1.82) is 0 Å². The lowest BCUT2D eigenvalue weighted by Gasteiger charge is -2.00. The second-order valence-electron chi connectivity index (χ2n) is 4.62. The third-order valence-corrected chi connectivity index (χ3v) is 4.27. The minimum Gasteiger partial charge on any atom is -0.508 e. The number of nitrogens with zero attached hydrogens (tertiary/aromatic N) is 2. The normalized spacial score (nSPS) is 11.0. The van der Waals surface area contributed by atoms with E-state index in [-0.39, 0.29) is 5.75 Å². The summed E-state index contributed by atoms with van der Waals surface area (Å²) in [6.07, 6.45) is 1.65. The van der Waals surface area contributed by atoms with Gasteiger partial charge in [-0.25, -0.2) is 4.98 Å². The van der Waals surface area contributed by atoms with E-state index in [9.17, 15) is 5.11 Å². The molecular formula is C16H11Cl2N3OS. The Morgan fingerprint density at radius 2 is 1.91 bits per heavy atom. The van der Waals surface area contributed by atoms with Crippen LogP contribution in [0.2, 0.25) is 10.0 Å². The summed E-state index contributed by atoms with van der Waals surface area (Å²) >= 11 is 13.5. The molecule has 0 fully saturated rings. The fourth-order valence-electron chi connectivity index (χ4n) is 1.87. The molecule has 0 amide bonds. The van der Waals surface area contributed by atoms with Crippen molar-refractivity contribution in [1.82, 2.24) is 4.98 Å². The molecule has 0 spiro atoms. The molecule has 0 aliphatic rings. The SMILES string of the molecule is Oc1ccc(/C=N/Nc2nc(-c3ccc(Cl)cc3Cl)cs2)cc1. The molecule has 0 aliphatic heterocycles. The summed E-state index contributed by atoms with van der Waals surface area (Å²) in [4.78, 5) is 4.44. The van der Waals surface area contributed by atoms with Gasteiger partial charge in [0, 0.05) is 16.0 Å². The third-order valence-electron chi connectivity index (χ3n) is 2.98. The first-order valence-electron chi connectivity index (χ1n) is 6.61. The minimum atomic E-state index is 0.222. The third kappa shape index (κ3) is 4.01. The monoisotopic (exact) mass is 363 g/mol. The van der Waals surface area contributed by atoms with Crippen LogP contribution in [0.1, 0.15) is 5.56 Å². The van der Waals surface area contributed by atoms with Crippen LogP contribution in [0.3, 0.4) is 0 Å². The molecule has 23 heavy (non-hydrogen) atoms. The van der Waals surface area contributed by atoms with Gasteiger partial charge < -0.3 is 5.11 Å². The molecule has 116 valence electrons. The lowest BCUT2D eigenvalue weighted by atomic mass is 10.2. The summed E-state index contributed by atoms with van der Waals surface area (Å²) in [7, 11) is 0. The first-order chi connectivity index (χ1) is 11.1. The number of hydrogen-bond donors (Lipinski definition) is 2. The molecule has 4 nitrogen and oxygen atoms in total. The topological polar surface area (TPSA) is 57.5 Å². The van der Waals surface area contributed by atoms with E-state index in [1.54, 1.807) is 42.6 Å². The number of aromatic hydroxyl groups is 1. The highest BCUT2D eigenvalue weighted by Crippen LogP contribution is 2.32. The van der Waals surface area contributed by atoms with E-state index in [1.807, 2.05) is 11.4 Å². The summed E-state index contributed by atoms with van der Waals surface area (Å²) in [6.45, 7) is 0. The average molecular weight is 364 g/mol. The molecule has 1 aromatic heterocycles.